The molecule has 1 saturated carbocycles. The molecule has 3 aromatic rings. The number of aromatic nitrogens is 5. The summed E-state index contributed by atoms with van der Waals surface area (Å²) in [5.74, 6) is 1.66. The van der Waals surface area contributed by atoms with Crippen LogP contribution in [0.25, 0.3) is 11.6 Å². The maximum absolute atomic E-state index is 12.6. The standard InChI is InChI=1S/C18H18N6O2/c25-18(13-4-2-1-3-5-13)23-9-8-14(10-23)24-11-15(20-22-24)17-19-16(21-26-17)12-6-7-12/h1-5,11-12,14H,6-10H2/t14-/m1/s1. The Morgan fingerprint density at radius 1 is 1.15 bits per heavy atom. The number of hydrogen-bond acceptors (Lipinski definition) is 6. The Hall–Kier alpha value is -3.03. The molecule has 1 saturated heterocycles. The van der Waals surface area contributed by atoms with Crippen molar-refractivity contribution < 1.29 is 9.32 Å². The van der Waals surface area contributed by atoms with Crippen molar-refractivity contribution in [3.63, 3.8) is 0 Å². The van der Waals surface area contributed by atoms with Crippen molar-refractivity contribution in [1.29, 1.82) is 0 Å². The second-order valence-electron chi connectivity index (χ2n) is 6.88. The Morgan fingerprint density at radius 3 is 2.81 bits per heavy atom. The van der Waals surface area contributed by atoms with Crippen molar-refractivity contribution in [2.75, 3.05) is 13.1 Å². The zero-order chi connectivity index (χ0) is 17.5. The fourth-order valence-electron chi connectivity index (χ4n) is 3.30. The Kier molecular flexibility index (Phi) is 3.55. The summed E-state index contributed by atoms with van der Waals surface area (Å²) in [5, 5.41) is 12.4. The van der Waals surface area contributed by atoms with Crippen LogP contribution in [0.5, 0.6) is 0 Å². The summed E-state index contributed by atoms with van der Waals surface area (Å²) in [6.07, 6.45) is 4.92. The summed E-state index contributed by atoms with van der Waals surface area (Å²) in [4.78, 5) is 18.8. The third-order valence-corrected chi connectivity index (χ3v) is 4.96. The van der Waals surface area contributed by atoms with E-state index in [-0.39, 0.29) is 11.9 Å². The molecular formula is C18H18N6O2. The molecule has 3 heterocycles. The fraction of sp³-hybridized carbons (Fsp3) is 0.389. The smallest absolute Gasteiger partial charge is 0.280 e. The van der Waals surface area contributed by atoms with Crippen LogP contribution in [0.2, 0.25) is 0 Å². The molecule has 0 bridgehead atoms. The molecular weight excluding hydrogens is 332 g/mol. The van der Waals surface area contributed by atoms with Gasteiger partial charge in [-0.25, -0.2) is 4.68 Å². The van der Waals surface area contributed by atoms with E-state index in [1.54, 1.807) is 4.68 Å². The summed E-state index contributed by atoms with van der Waals surface area (Å²) in [7, 11) is 0. The van der Waals surface area contributed by atoms with Gasteiger partial charge in [0.15, 0.2) is 11.5 Å². The summed E-state index contributed by atoms with van der Waals surface area (Å²) >= 11 is 0. The molecule has 0 spiro atoms. The maximum atomic E-state index is 12.6. The minimum atomic E-state index is 0.0550. The average molecular weight is 350 g/mol. The summed E-state index contributed by atoms with van der Waals surface area (Å²) in [6, 6.07) is 9.46. The van der Waals surface area contributed by atoms with Gasteiger partial charge in [0, 0.05) is 24.6 Å². The molecule has 8 heteroatoms. The summed E-state index contributed by atoms with van der Waals surface area (Å²) < 4.78 is 7.10. The monoisotopic (exact) mass is 350 g/mol. The normalized spacial score (nSPS) is 19.8. The highest BCUT2D eigenvalue weighted by Crippen LogP contribution is 2.38. The first-order chi connectivity index (χ1) is 12.8. The predicted octanol–water partition coefficient (Wildman–Crippen LogP) is 2.29. The highest BCUT2D eigenvalue weighted by Gasteiger charge is 2.31. The number of rotatable bonds is 4. The lowest BCUT2D eigenvalue weighted by molar-refractivity contribution is 0.0787. The Morgan fingerprint density at radius 2 is 2.00 bits per heavy atom. The van der Waals surface area contributed by atoms with Crippen molar-refractivity contribution in [1.82, 2.24) is 30.0 Å². The lowest BCUT2D eigenvalue weighted by Gasteiger charge is -2.16. The number of carbonyl (C=O) groups is 1. The van der Waals surface area contributed by atoms with E-state index < -0.39 is 0 Å². The SMILES string of the molecule is O=C(c1ccccc1)N1CC[C@@H](n2cc(-c3nc(C4CC4)no3)nn2)C1. The van der Waals surface area contributed by atoms with Gasteiger partial charge in [0.25, 0.3) is 11.8 Å². The minimum absolute atomic E-state index is 0.0550. The van der Waals surface area contributed by atoms with Gasteiger partial charge in [-0.05, 0) is 31.4 Å². The molecule has 1 aromatic carbocycles. The molecule has 2 fully saturated rings. The van der Waals surface area contributed by atoms with Crippen LogP contribution in [0.3, 0.4) is 0 Å². The minimum Gasteiger partial charge on any atom is -0.336 e. The molecule has 132 valence electrons. The first kappa shape index (κ1) is 15.2. The van der Waals surface area contributed by atoms with E-state index >= 15 is 0 Å². The quantitative estimate of drug-likeness (QED) is 0.717. The molecule has 1 aliphatic carbocycles. The third kappa shape index (κ3) is 2.77. The topological polar surface area (TPSA) is 89.9 Å². The van der Waals surface area contributed by atoms with Crippen LogP contribution in [0.15, 0.2) is 41.1 Å². The molecule has 1 atom stereocenters. The van der Waals surface area contributed by atoms with Crippen LogP contribution in [-0.4, -0.2) is 49.0 Å². The van der Waals surface area contributed by atoms with Gasteiger partial charge in [0.1, 0.15) is 0 Å². The Balaban J connectivity index is 1.29. The highest BCUT2D eigenvalue weighted by molar-refractivity contribution is 5.94. The van der Waals surface area contributed by atoms with Gasteiger partial charge in [-0.15, -0.1) is 5.10 Å². The van der Waals surface area contributed by atoms with Crippen molar-refractivity contribution in [2.45, 2.75) is 31.2 Å². The number of nitrogens with zero attached hydrogens (tertiary/aromatic N) is 6. The molecule has 2 aromatic heterocycles. The van der Waals surface area contributed by atoms with Gasteiger partial charge < -0.3 is 9.42 Å². The predicted molar refractivity (Wildman–Crippen MR) is 91.3 cm³/mol. The van der Waals surface area contributed by atoms with Crippen LogP contribution in [0.1, 0.15) is 47.4 Å². The summed E-state index contributed by atoms with van der Waals surface area (Å²) in [6.45, 7) is 1.33. The zero-order valence-corrected chi connectivity index (χ0v) is 14.2. The molecule has 0 radical (unpaired) electrons. The van der Waals surface area contributed by atoms with Gasteiger partial charge >= 0.3 is 0 Å². The highest BCUT2D eigenvalue weighted by atomic mass is 16.5. The molecule has 1 aliphatic heterocycles. The van der Waals surface area contributed by atoms with Gasteiger partial charge in [-0.3, -0.25) is 4.79 Å². The molecule has 26 heavy (non-hydrogen) atoms. The molecule has 8 nitrogen and oxygen atoms in total. The zero-order valence-electron chi connectivity index (χ0n) is 14.2. The second kappa shape index (κ2) is 6.05. The van der Waals surface area contributed by atoms with E-state index in [2.05, 4.69) is 20.5 Å². The Labute approximate surface area is 149 Å². The van der Waals surface area contributed by atoms with Crippen LogP contribution >= 0.6 is 0 Å². The maximum Gasteiger partial charge on any atom is 0.280 e. The van der Waals surface area contributed by atoms with Gasteiger partial charge in [0.2, 0.25) is 0 Å². The van der Waals surface area contributed by atoms with Crippen molar-refractivity contribution >= 4 is 5.91 Å². The van der Waals surface area contributed by atoms with Gasteiger partial charge in [-0.2, -0.15) is 4.98 Å². The lowest BCUT2D eigenvalue weighted by Crippen LogP contribution is -2.29. The van der Waals surface area contributed by atoms with Crippen LogP contribution in [0.4, 0.5) is 0 Å². The first-order valence-corrected chi connectivity index (χ1v) is 8.88. The Bertz CT molecular complexity index is 930. The molecule has 1 amide bonds. The molecule has 0 unspecified atom stereocenters. The first-order valence-electron chi connectivity index (χ1n) is 8.88. The van der Waals surface area contributed by atoms with E-state index in [9.17, 15) is 4.79 Å². The van der Waals surface area contributed by atoms with E-state index in [0.29, 0.717) is 36.2 Å². The van der Waals surface area contributed by atoms with Crippen LogP contribution in [0, 0.1) is 0 Å². The van der Waals surface area contributed by atoms with E-state index in [0.717, 1.165) is 25.1 Å². The fourth-order valence-corrected chi connectivity index (χ4v) is 3.30. The van der Waals surface area contributed by atoms with Crippen LogP contribution in [-0.2, 0) is 0 Å². The lowest BCUT2D eigenvalue weighted by atomic mass is 10.2. The van der Waals surface area contributed by atoms with Crippen molar-refractivity contribution in [2.24, 2.45) is 0 Å². The van der Waals surface area contributed by atoms with E-state index in [1.807, 2.05) is 41.4 Å². The van der Waals surface area contributed by atoms with E-state index in [1.165, 1.54) is 0 Å². The third-order valence-electron chi connectivity index (χ3n) is 4.96. The van der Waals surface area contributed by atoms with Crippen molar-refractivity contribution in [3.8, 4) is 11.6 Å². The number of amides is 1. The molecule has 2 aliphatic rings. The van der Waals surface area contributed by atoms with Crippen molar-refractivity contribution in [3.05, 3.63) is 47.9 Å². The number of hydrogen-bond donors (Lipinski definition) is 0. The number of benzene rings is 1. The largest absolute Gasteiger partial charge is 0.336 e. The van der Waals surface area contributed by atoms with Crippen LogP contribution < -0.4 is 0 Å². The number of carbonyl (C=O) groups excluding carboxylic acids is 1. The number of likely N-dealkylation sites (tertiary alicyclic amines) is 1. The van der Waals surface area contributed by atoms with E-state index in [4.69, 9.17) is 4.52 Å². The molecule has 0 N–H and O–H groups in total. The average Bonchev–Trinajstić information content (AvgIpc) is 3.11. The molecule has 5 rings (SSSR count). The summed E-state index contributed by atoms with van der Waals surface area (Å²) in [5.41, 5.74) is 1.29. The second-order valence-corrected chi connectivity index (χ2v) is 6.88. The van der Waals surface area contributed by atoms with Gasteiger partial charge in [0.05, 0.1) is 12.2 Å². The van der Waals surface area contributed by atoms with Gasteiger partial charge in [-0.1, -0.05) is 28.6 Å².